The first-order chi connectivity index (χ1) is 22.1. The van der Waals surface area contributed by atoms with E-state index in [9.17, 15) is 14.4 Å². The number of fused-ring (bicyclic) bond motifs is 4. The molecular weight excluding hydrogens is 556 g/mol. The Balaban J connectivity index is 1.54. The fourth-order valence-electron chi connectivity index (χ4n) is 6.59. The zero-order chi connectivity index (χ0) is 30.9. The first-order valence-electron chi connectivity index (χ1n) is 15.3. The third kappa shape index (κ3) is 4.96. The fourth-order valence-corrected chi connectivity index (χ4v) is 6.59. The minimum absolute atomic E-state index is 0.00778. The molecule has 45 heavy (non-hydrogen) atoms. The summed E-state index contributed by atoms with van der Waals surface area (Å²) in [7, 11) is 0. The lowest BCUT2D eigenvalue weighted by atomic mass is 9.82. The number of hydrogen-bond acceptors (Lipinski definition) is 5. The largest absolute Gasteiger partial charge is 0.313 e. The van der Waals surface area contributed by atoms with Gasteiger partial charge in [0.25, 0.3) is 0 Å². The maximum absolute atomic E-state index is 14.1. The van der Waals surface area contributed by atoms with Gasteiger partial charge in [0.1, 0.15) is 0 Å². The molecule has 0 aromatic heterocycles. The van der Waals surface area contributed by atoms with E-state index in [1.807, 2.05) is 85.1 Å². The number of ketones is 3. The van der Waals surface area contributed by atoms with Crippen LogP contribution < -0.4 is 9.80 Å². The van der Waals surface area contributed by atoms with Crippen LogP contribution in [0.3, 0.4) is 0 Å². The van der Waals surface area contributed by atoms with E-state index >= 15 is 0 Å². The Morgan fingerprint density at radius 2 is 1.51 bits per heavy atom. The van der Waals surface area contributed by atoms with Gasteiger partial charge in [0.05, 0.1) is 22.6 Å². The standard InChI is InChI=1S/C40H32N2O3/c1-2-30-36(43)21-11-3-4-12-22-37(44)38(30)35-26-41(28-16-7-5-8-17-28)39-33-25-27-15-13-14-20-31(27)40(45)32(33)23-24-34(39)42(35)29-18-9-6-10-19-29/h2-4,6-7,9-20,23-24,26H,1,5,8,21-22,25H2/b11-3-,12-4-,38-30-. The number of Topliss-reactive ketones (excluding diaryl/α,β-unsaturated/α-hetero) is 2. The van der Waals surface area contributed by atoms with Crippen molar-refractivity contribution in [3.05, 3.63) is 173 Å². The van der Waals surface area contributed by atoms with Crippen LogP contribution in [0.4, 0.5) is 17.1 Å². The number of hydrogen-bond donors (Lipinski definition) is 0. The van der Waals surface area contributed by atoms with Gasteiger partial charge in [-0.2, -0.15) is 0 Å². The quantitative estimate of drug-likeness (QED) is 0.240. The van der Waals surface area contributed by atoms with Gasteiger partial charge in [-0.15, -0.1) is 0 Å². The molecule has 0 radical (unpaired) electrons. The van der Waals surface area contributed by atoms with Crippen molar-refractivity contribution in [1.82, 2.24) is 0 Å². The van der Waals surface area contributed by atoms with Crippen molar-refractivity contribution < 1.29 is 14.4 Å². The first-order valence-corrected chi connectivity index (χ1v) is 15.3. The molecule has 0 spiro atoms. The van der Waals surface area contributed by atoms with Crippen molar-refractivity contribution in [3.63, 3.8) is 0 Å². The SMILES string of the molecule is C=C/C1=C(\C2=CN(C3=CCCC=C3)c3c(ccc4c3Cc3ccccc3C4=O)N2c2ccccc2)C(=O)C/C=C\C=C/CC1=O. The number of carbonyl (C=O) groups excluding carboxylic acids is 3. The van der Waals surface area contributed by atoms with Crippen molar-refractivity contribution in [2.75, 3.05) is 9.80 Å². The molecule has 1 aliphatic heterocycles. The van der Waals surface area contributed by atoms with Crippen LogP contribution in [-0.2, 0) is 16.0 Å². The summed E-state index contributed by atoms with van der Waals surface area (Å²) < 4.78 is 0. The molecule has 3 aliphatic carbocycles. The molecule has 0 saturated carbocycles. The third-order valence-electron chi connectivity index (χ3n) is 8.68. The highest BCUT2D eigenvalue weighted by Gasteiger charge is 2.37. The van der Waals surface area contributed by atoms with Crippen LogP contribution in [0.5, 0.6) is 0 Å². The minimum Gasteiger partial charge on any atom is -0.313 e. The predicted molar refractivity (Wildman–Crippen MR) is 179 cm³/mol. The van der Waals surface area contributed by atoms with Crippen LogP contribution in [0.15, 0.2) is 151 Å². The van der Waals surface area contributed by atoms with E-state index < -0.39 is 0 Å². The van der Waals surface area contributed by atoms with Crippen molar-refractivity contribution in [2.45, 2.75) is 32.1 Å². The monoisotopic (exact) mass is 588 g/mol. The van der Waals surface area contributed by atoms with E-state index in [0.29, 0.717) is 28.8 Å². The predicted octanol–water partition coefficient (Wildman–Crippen LogP) is 8.38. The van der Waals surface area contributed by atoms with Gasteiger partial charge in [0.15, 0.2) is 17.3 Å². The number of carbonyl (C=O) groups is 3. The van der Waals surface area contributed by atoms with Gasteiger partial charge in [-0.1, -0.05) is 91.6 Å². The number of allylic oxidation sites excluding steroid dienone is 10. The highest BCUT2D eigenvalue weighted by Crippen LogP contribution is 2.50. The molecule has 0 N–H and O–H groups in total. The Bertz CT molecular complexity index is 1950. The van der Waals surface area contributed by atoms with Crippen LogP contribution in [0, 0.1) is 0 Å². The lowest BCUT2D eigenvalue weighted by Crippen LogP contribution is -2.34. The maximum atomic E-state index is 14.1. The van der Waals surface area contributed by atoms with Gasteiger partial charge in [-0.3, -0.25) is 14.4 Å². The van der Waals surface area contributed by atoms with E-state index in [4.69, 9.17) is 0 Å². The topological polar surface area (TPSA) is 57.7 Å². The molecule has 3 aromatic rings. The molecule has 0 fully saturated rings. The molecule has 4 aliphatic rings. The van der Waals surface area contributed by atoms with E-state index in [1.54, 1.807) is 12.2 Å². The van der Waals surface area contributed by atoms with Gasteiger partial charge < -0.3 is 9.80 Å². The molecule has 5 nitrogen and oxygen atoms in total. The smallest absolute Gasteiger partial charge is 0.193 e. The fraction of sp³-hybridized carbons (Fsp3) is 0.125. The number of benzene rings is 3. The Kier molecular flexibility index (Phi) is 7.44. The van der Waals surface area contributed by atoms with Gasteiger partial charge >= 0.3 is 0 Å². The van der Waals surface area contributed by atoms with Crippen molar-refractivity contribution in [3.8, 4) is 0 Å². The second-order valence-electron chi connectivity index (χ2n) is 11.4. The summed E-state index contributed by atoms with van der Waals surface area (Å²) in [5.41, 5.74) is 8.05. The molecule has 0 unspecified atom stereocenters. The summed E-state index contributed by atoms with van der Waals surface area (Å²) in [6.07, 6.45) is 19.8. The number of para-hydroxylation sites is 1. The number of rotatable bonds is 4. The normalized spacial score (nSPS) is 20.8. The molecule has 5 heteroatoms. The average Bonchev–Trinajstić information content (AvgIpc) is 3.08. The molecular formula is C40H32N2O3. The Hall–Kier alpha value is -5.55. The van der Waals surface area contributed by atoms with Crippen LogP contribution >= 0.6 is 0 Å². The van der Waals surface area contributed by atoms with Crippen LogP contribution in [0.1, 0.15) is 52.7 Å². The Labute approximate surface area is 263 Å². The van der Waals surface area contributed by atoms with Crippen LogP contribution in [0.2, 0.25) is 0 Å². The molecule has 1 heterocycles. The van der Waals surface area contributed by atoms with E-state index in [0.717, 1.165) is 52.3 Å². The summed E-state index contributed by atoms with van der Waals surface area (Å²) >= 11 is 0. The van der Waals surface area contributed by atoms with Crippen molar-refractivity contribution >= 4 is 34.4 Å². The van der Waals surface area contributed by atoms with Crippen LogP contribution in [-0.4, -0.2) is 17.3 Å². The van der Waals surface area contributed by atoms with E-state index in [2.05, 4.69) is 34.6 Å². The summed E-state index contributed by atoms with van der Waals surface area (Å²) in [5.74, 6) is -0.334. The van der Waals surface area contributed by atoms with Gasteiger partial charge in [0, 0.05) is 53.5 Å². The Morgan fingerprint density at radius 3 is 2.27 bits per heavy atom. The highest BCUT2D eigenvalue weighted by atomic mass is 16.1. The minimum atomic E-state index is -0.171. The summed E-state index contributed by atoms with van der Waals surface area (Å²) in [5, 5.41) is 0. The Morgan fingerprint density at radius 1 is 0.756 bits per heavy atom. The number of anilines is 3. The maximum Gasteiger partial charge on any atom is 0.193 e. The molecule has 220 valence electrons. The lowest BCUT2D eigenvalue weighted by molar-refractivity contribution is -0.117. The highest BCUT2D eigenvalue weighted by molar-refractivity contribution is 6.16. The molecule has 0 atom stereocenters. The lowest BCUT2D eigenvalue weighted by Gasteiger charge is -2.41. The van der Waals surface area contributed by atoms with E-state index in [-0.39, 0.29) is 30.2 Å². The second kappa shape index (κ2) is 11.9. The summed E-state index contributed by atoms with van der Waals surface area (Å²) in [6.45, 7) is 3.99. The summed E-state index contributed by atoms with van der Waals surface area (Å²) in [6, 6.07) is 21.5. The zero-order valence-corrected chi connectivity index (χ0v) is 24.9. The molecule has 3 aromatic carbocycles. The second-order valence-corrected chi connectivity index (χ2v) is 11.4. The third-order valence-corrected chi connectivity index (χ3v) is 8.68. The molecule has 7 rings (SSSR count). The van der Waals surface area contributed by atoms with Gasteiger partial charge in [0.2, 0.25) is 0 Å². The molecule has 0 saturated heterocycles. The first kappa shape index (κ1) is 28.2. The average molecular weight is 589 g/mol. The van der Waals surface area contributed by atoms with Crippen LogP contribution in [0.25, 0.3) is 0 Å². The summed E-state index contributed by atoms with van der Waals surface area (Å²) in [4.78, 5) is 45.8. The molecule has 0 bridgehead atoms. The van der Waals surface area contributed by atoms with Crippen molar-refractivity contribution in [2.24, 2.45) is 0 Å². The number of nitrogens with zero attached hydrogens (tertiary/aromatic N) is 2. The zero-order valence-electron chi connectivity index (χ0n) is 24.9. The van der Waals surface area contributed by atoms with Crippen molar-refractivity contribution in [1.29, 1.82) is 0 Å². The van der Waals surface area contributed by atoms with E-state index in [1.165, 1.54) is 6.08 Å². The van der Waals surface area contributed by atoms with Gasteiger partial charge in [-0.25, -0.2) is 0 Å². The van der Waals surface area contributed by atoms with Gasteiger partial charge in [-0.05, 0) is 54.3 Å². The molecule has 0 amide bonds.